The molecule has 0 saturated heterocycles. The number of carbonyl (C=O) groups is 3. The van der Waals surface area contributed by atoms with Crippen LogP contribution in [0.25, 0.3) is 21.5 Å². The molecule has 37 heavy (non-hydrogen) atoms. The van der Waals surface area contributed by atoms with Gasteiger partial charge in [-0.1, -0.05) is 84.9 Å². The minimum atomic E-state index is -1.17. The third kappa shape index (κ3) is 6.32. The average molecular weight is 497 g/mol. The summed E-state index contributed by atoms with van der Waals surface area (Å²) in [4.78, 5) is 37.8. The highest BCUT2D eigenvalue weighted by Crippen LogP contribution is 2.21. The molecular formula is C30H32N4O3. The molecule has 0 bridgehead atoms. The number of amides is 3. The van der Waals surface area contributed by atoms with Crippen LogP contribution in [0, 0.1) is 0 Å². The Kier molecular flexibility index (Phi) is 7.84. The minimum Gasteiger partial charge on any atom is -0.342 e. The van der Waals surface area contributed by atoms with Crippen molar-refractivity contribution in [2.24, 2.45) is 5.73 Å². The first-order valence-electron chi connectivity index (χ1n) is 12.3. The zero-order valence-electron chi connectivity index (χ0n) is 21.0. The third-order valence-electron chi connectivity index (χ3n) is 6.40. The lowest BCUT2D eigenvalue weighted by molar-refractivity contribution is -0.131. The van der Waals surface area contributed by atoms with Gasteiger partial charge in [-0.2, -0.15) is 0 Å². The molecule has 0 aromatic heterocycles. The van der Waals surface area contributed by atoms with Crippen LogP contribution in [0.2, 0.25) is 0 Å². The summed E-state index contributed by atoms with van der Waals surface area (Å²) in [6, 6.07) is 26.8. The van der Waals surface area contributed by atoms with Crippen molar-refractivity contribution in [1.82, 2.24) is 16.0 Å². The van der Waals surface area contributed by atoms with E-state index in [0.29, 0.717) is 12.8 Å². The SMILES string of the molecule is CC(C)(N)C(=O)N[C@H](Cc1cccc2ccccc12)C(=O)N[C@H](Cc1cccc2ccccc12)NC=O. The maximum absolute atomic E-state index is 13.6. The number of hydrogen-bond donors (Lipinski definition) is 4. The fraction of sp³-hybridized carbons (Fsp3) is 0.233. The maximum Gasteiger partial charge on any atom is 0.244 e. The number of nitrogens with one attached hydrogen (secondary N) is 3. The van der Waals surface area contributed by atoms with Crippen LogP contribution >= 0.6 is 0 Å². The van der Waals surface area contributed by atoms with Crippen molar-refractivity contribution in [2.75, 3.05) is 0 Å². The Morgan fingerprint density at radius 2 is 1.30 bits per heavy atom. The van der Waals surface area contributed by atoms with Gasteiger partial charge in [0, 0.05) is 12.8 Å². The standard InChI is InChI=1S/C30H32N4O3/c1-30(2,31)29(37)33-26(17-22-13-7-11-20-9-3-5-15-24(20)22)28(36)34-27(32-19-35)18-23-14-8-12-21-10-4-6-16-25(21)23/h3-16,19,26-27H,17-18,31H2,1-2H3,(H,32,35)(H,33,37)(H,34,36)/t26-,27-/m1/s1. The van der Waals surface area contributed by atoms with Crippen molar-refractivity contribution in [3.8, 4) is 0 Å². The lowest BCUT2D eigenvalue weighted by Crippen LogP contribution is -2.59. The second-order valence-electron chi connectivity index (χ2n) is 9.78. The maximum atomic E-state index is 13.6. The van der Waals surface area contributed by atoms with E-state index in [0.717, 1.165) is 32.7 Å². The number of carbonyl (C=O) groups excluding carboxylic acids is 3. The molecular weight excluding hydrogens is 464 g/mol. The van der Waals surface area contributed by atoms with Gasteiger partial charge in [0.05, 0.1) is 5.54 Å². The van der Waals surface area contributed by atoms with Gasteiger partial charge >= 0.3 is 0 Å². The van der Waals surface area contributed by atoms with E-state index in [2.05, 4.69) is 16.0 Å². The van der Waals surface area contributed by atoms with Crippen molar-refractivity contribution in [3.63, 3.8) is 0 Å². The van der Waals surface area contributed by atoms with Gasteiger partial charge < -0.3 is 21.7 Å². The molecule has 0 aliphatic rings. The molecule has 0 radical (unpaired) electrons. The van der Waals surface area contributed by atoms with Crippen molar-refractivity contribution < 1.29 is 14.4 Å². The van der Waals surface area contributed by atoms with Crippen molar-refractivity contribution in [1.29, 1.82) is 0 Å². The summed E-state index contributed by atoms with van der Waals surface area (Å²) in [6.07, 6.45) is 0.533. The molecule has 0 spiro atoms. The number of benzene rings is 4. The van der Waals surface area contributed by atoms with Crippen LogP contribution < -0.4 is 21.7 Å². The highest BCUT2D eigenvalue weighted by Gasteiger charge is 2.29. The van der Waals surface area contributed by atoms with E-state index < -0.39 is 29.6 Å². The molecule has 0 aliphatic heterocycles. The van der Waals surface area contributed by atoms with Gasteiger partial charge in [0.15, 0.2) is 0 Å². The monoisotopic (exact) mass is 496 g/mol. The summed E-state index contributed by atoms with van der Waals surface area (Å²) < 4.78 is 0. The topological polar surface area (TPSA) is 113 Å². The van der Waals surface area contributed by atoms with Crippen molar-refractivity contribution in [3.05, 3.63) is 96.1 Å². The quantitative estimate of drug-likeness (QED) is 0.199. The van der Waals surface area contributed by atoms with Crippen LogP contribution in [0.5, 0.6) is 0 Å². The fourth-order valence-electron chi connectivity index (χ4n) is 4.44. The first-order chi connectivity index (χ1) is 17.8. The smallest absolute Gasteiger partial charge is 0.244 e. The molecule has 2 atom stereocenters. The number of hydrogen-bond acceptors (Lipinski definition) is 4. The summed E-state index contributed by atoms with van der Waals surface area (Å²) >= 11 is 0. The molecule has 190 valence electrons. The summed E-state index contributed by atoms with van der Waals surface area (Å²) in [5.41, 5.74) is 6.75. The Morgan fingerprint density at radius 1 is 0.784 bits per heavy atom. The normalized spacial score (nSPS) is 13.1. The highest BCUT2D eigenvalue weighted by atomic mass is 16.2. The van der Waals surface area contributed by atoms with E-state index in [1.54, 1.807) is 13.8 Å². The van der Waals surface area contributed by atoms with Crippen molar-refractivity contribution >= 4 is 39.8 Å². The highest BCUT2D eigenvalue weighted by molar-refractivity contribution is 5.93. The lowest BCUT2D eigenvalue weighted by Gasteiger charge is -2.26. The Hall–Kier alpha value is -4.23. The van der Waals surface area contributed by atoms with Gasteiger partial charge in [0.2, 0.25) is 18.2 Å². The van der Waals surface area contributed by atoms with Crippen LogP contribution in [0.1, 0.15) is 25.0 Å². The zero-order valence-corrected chi connectivity index (χ0v) is 21.0. The van der Waals surface area contributed by atoms with Gasteiger partial charge in [0.1, 0.15) is 12.2 Å². The Labute approximate surface area is 216 Å². The molecule has 4 aromatic rings. The second-order valence-corrected chi connectivity index (χ2v) is 9.78. The van der Waals surface area contributed by atoms with Gasteiger partial charge in [-0.05, 0) is 46.5 Å². The Morgan fingerprint density at radius 3 is 1.84 bits per heavy atom. The second kappa shape index (κ2) is 11.2. The van der Waals surface area contributed by atoms with E-state index in [4.69, 9.17) is 5.73 Å². The largest absolute Gasteiger partial charge is 0.342 e. The van der Waals surface area contributed by atoms with Crippen LogP contribution in [-0.2, 0) is 27.2 Å². The minimum absolute atomic E-state index is 0.261. The Bertz CT molecular complexity index is 1420. The summed E-state index contributed by atoms with van der Waals surface area (Å²) in [5, 5.41) is 12.6. The first kappa shape index (κ1) is 25.9. The third-order valence-corrected chi connectivity index (χ3v) is 6.40. The number of fused-ring (bicyclic) bond motifs is 2. The lowest BCUT2D eigenvalue weighted by atomic mass is 9.97. The van der Waals surface area contributed by atoms with Crippen LogP contribution in [0.3, 0.4) is 0 Å². The van der Waals surface area contributed by atoms with Gasteiger partial charge in [-0.15, -0.1) is 0 Å². The molecule has 5 N–H and O–H groups in total. The average Bonchev–Trinajstić information content (AvgIpc) is 2.88. The van der Waals surface area contributed by atoms with Crippen molar-refractivity contribution in [2.45, 2.75) is 44.4 Å². The van der Waals surface area contributed by atoms with E-state index in [1.165, 1.54) is 0 Å². The molecule has 0 aliphatic carbocycles. The van der Waals surface area contributed by atoms with Crippen LogP contribution in [0.4, 0.5) is 0 Å². The van der Waals surface area contributed by atoms with Gasteiger partial charge in [-0.3, -0.25) is 14.4 Å². The molecule has 7 nitrogen and oxygen atoms in total. The van der Waals surface area contributed by atoms with E-state index in [9.17, 15) is 14.4 Å². The van der Waals surface area contributed by atoms with Gasteiger partial charge in [-0.25, -0.2) is 0 Å². The molecule has 0 heterocycles. The molecule has 0 fully saturated rings. The summed E-state index contributed by atoms with van der Waals surface area (Å²) in [7, 11) is 0. The van der Waals surface area contributed by atoms with Crippen LogP contribution in [0.15, 0.2) is 84.9 Å². The predicted molar refractivity (Wildman–Crippen MR) is 147 cm³/mol. The molecule has 7 heteroatoms. The zero-order chi connectivity index (χ0) is 26.4. The Balaban J connectivity index is 1.60. The molecule has 3 amide bonds. The van der Waals surface area contributed by atoms with E-state index in [-0.39, 0.29) is 6.42 Å². The van der Waals surface area contributed by atoms with Gasteiger partial charge in [0.25, 0.3) is 0 Å². The number of rotatable bonds is 10. The molecule has 4 rings (SSSR count). The van der Waals surface area contributed by atoms with Crippen LogP contribution in [-0.4, -0.2) is 36.0 Å². The summed E-state index contributed by atoms with van der Waals surface area (Å²) in [6.45, 7) is 3.18. The van der Waals surface area contributed by atoms with E-state index >= 15 is 0 Å². The number of nitrogens with two attached hydrogens (primary N) is 1. The molecule has 0 unspecified atom stereocenters. The molecule has 0 saturated carbocycles. The first-order valence-corrected chi connectivity index (χ1v) is 12.3. The molecule has 4 aromatic carbocycles. The summed E-state index contributed by atoms with van der Waals surface area (Å²) in [5.74, 6) is -0.855. The van der Waals surface area contributed by atoms with E-state index in [1.807, 2.05) is 84.9 Å². The predicted octanol–water partition coefficient (Wildman–Crippen LogP) is 3.19. The fourth-order valence-corrected chi connectivity index (χ4v) is 4.44.